The number of aryl methyl sites for hydroxylation is 1. The molecule has 2 aromatic heterocycles. The molecule has 0 radical (unpaired) electrons. The first-order valence-electron chi connectivity index (χ1n) is 6.41. The molecule has 18 heavy (non-hydrogen) atoms. The molecular formula is C13H17N3OS. The van der Waals surface area contributed by atoms with Crippen LogP contribution in [0.4, 0.5) is 5.82 Å². The first-order valence-corrected chi connectivity index (χ1v) is 7.23. The van der Waals surface area contributed by atoms with Gasteiger partial charge in [0.15, 0.2) is 0 Å². The fourth-order valence-corrected chi connectivity index (χ4v) is 3.31. The summed E-state index contributed by atoms with van der Waals surface area (Å²) >= 11 is 1.73. The Morgan fingerprint density at radius 2 is 2.17 bits per heavy atom. The average Bonchev–Trinajstić information content (AvgIpc) is 2.83. The van der Waals surface area contributed by atoms with Crippen LogP contribution in [-0.2, 0) is 11.2 Å². The van der Waals surface area contributed by atoms with Crippen LogP contribution in [0.25, 0.3) is 10.2 Å². The van der Waals surface area contributed by atoms with Crippen molar-refractivity contribution < 1.29 is 4.74 Å². The standard InChI is InChI=1S/C13H17N3OS/c1-2-9-7-10-11(14)15-12(16-13(10)18-9)8-3-5-17-6-4-8/h7-8H,2-6H2,1H3,(H2,14,15,16). The van der Waals surface area contributed by atoms with Gasteiger partial charge in [-0.25, -0.2) is 9.97 Å². The van der Waals surface area contributed by atoms with Crippen LogP contribution < -0.4 is 5.73 Å². The van der Waals surface area contributed by atoms with Crippen molar-refractivity contribution in [3.8, 4) is 0 Å². The van der Waals surface area contributed by atoms with Crippen molar-refractivity contribution in [3.05, 3.63) is 16.8 Å². The molecule has 0 bridgehead atoms. The number of nitrogens with zero attached hydrogens (tertiary/aromatic N) is 2. The SMILES string of the molecule is CCc1cc2c(N)nc(C3CCOCC3)nc2s1. The van der Waals surface area contributed by atoms with Gasteiger partial charge in [-0.3, -0.25) is 0 Å². The van der Waals surface area contributed by atoms with E-state index in [0.29, 0.717) is 11.7 Å². The van der Waals surface area contributed by atoms with Gasteiger partial charge in [-0.15, -0.1) is 11.3 Å². The number of hydrogen-bond acceptors (Lipinski definition) is 5. The maximum Gasteiger partial charge on any atom is 0.135 e. The quantitative estimate of drug-likeness (QED) is 0.905. The number of nitrogen functional groups attached to an aromatic ring is 1. The molecule has 4 nitrogen and oxygen atoms in total. The fraction of sp³-hybridized carbons (Fsp3) is 0.538. The highest BCUT2D eigenvalue weighted by Crippen LogP contribution is 2.31. The Balaban J connectivity index is 2.02. The second-order valence-corrected chi connectivity index (χ2v) is 5.75. The Kier molecular flexibility index (Phi) is 3.18. The maximum absolute atomic E-state index is 6.06. The monoisotopic (exact) mass is 263 g/mol. The van der Waals surface area contributed by atoms with Crippen molar-refractivity contribution in [2.24, 2.45) is 0 Å². The lowest BCUT2D eigenvalue weighted by Gasteiger charge is -2.20. The summed E-state index contributed by atoms with van der Waals surface area (Å²) in [6.45, 7) is 3.75. The molecule has 96 valence electrons. The topological polar surface area (TPSA) is 61.0 Å². The summed E-state index contributed by atoms with van der Waals surface area (Å²) in [6, 6.07) is 2.11. The third-order valence-electron chi connectivity index (χ3n) is 3.43. The van der Waals surface area contributed by atoms with Gasteiger partial charge in [0.25, 0.3) is 0 Å². The highest BCUT2D eigenvalue weighted by Gasteiger charge is 2.20. The molecule has 0 aromatic carbocycles. The summed E-state index contributed by atoms with van der Waals surface area (Å²) in [4.78, 5) is 11.5. The minimum Gasteiger partial charge on any atom is -0.383 e. The van der Waals surface area contributed by atoms with Gasteiger partial charge >= 0.3 is 0 Å². The molecule has 0 saturated carbocycles. The van der Waals surface area contributed by atoms with Crippen LogP contribution in [0.2, 0.25) is 0 Å². The molecule has 1 aliphatic rings. The normalized spacial score (nSPS) is 17.4. The number of nitrogens with two attached hydrogens (primary N) is 1. The van der Waals surface area contributed by atoms with Crippen LogP contribution >= 0.6 is 11.3 Å². The van der Waals surface area contributed by atoms with Gasteiger partial charge in [-0.2, -0.15) is 0 Å². The van der Waals surface area contributed by atoms with Gasteiger partial charge < -0.3 is 10.5 Å². The predicted molar refractivity (Wildman–Crippen MR) is 74.0 cm³/mol. The lowest BCUT2D eigenvalue weighted by atomic mass is 9.99. The van der Waals surface area contributed by atoms with Crippen LogP contribution in [0.15, 0.2) is 6.07 Å². The first-order chi connectivity index (χ1) is 8.78. The van der Waals surface area contributed by atoms with Crippen LogP contribution in [0.5, 0.6) is 0 Å². The Morgan fingerprint density at radius 3 is 2.89 bits per heavy atom. The molecule has 2 N–H and O–H groups in total. The zero-order valence-electron chi connectivity index (χ0n) is 10.5. The van der Waals surface area contributed by atoms with Crippen molar-refractivity contribution in [1.82, 2.24) is 9.97 Å². The summed E-state index contributed by atoms with van der Waals surface area (Å²) in [6.07, 6.45) is 3.01. The number of aromatic nitrogens is 2. The Morgan fingerprint density at radius 1 is 1.39 bits per heavy atom. The second-order valence-electron chi connectivity index (χ2n) is 4.64. The van der Waals surface area contributed by atoms with Crippen molar-refractivity contribution in [2.75, 3.05) is 18.9 Å². The molecule has 0 spiro atoms. The highest BCUT2D eigenvalue weighted by atomic mass is 32.1. The van der Waals surface area contributed by atoms with Gasteiger partial charge in [0.1, 0.15) is 16.5 Å². The van der Waals surface area contributed by atoms with Crippen LogP contribution in [-0.4, -0.2) is 23.2 Å². The summed E-state index contributed by atoms with van der Waals surface area (Å²) in [5.74, 6) is 1.92. The molecule has 2 aromatic rings. The van der Waals surface area contributed by atoms with Crippen LogP contribution in [0.1, 0.15) is 36.4 Å². The summed E-state index contributed by atoms with van der Waals surface area (Å²) < 4.78 is 5.38. The van der Waals surface area contributed by atoms with E-state index in [1.807, 2.05) is 0 Å². The van der Waals surface area contributed by atoms with Crippen molar-refractivity contribution in [3.63, 3.8) is 0 Å². The van der Waals surface area contributed by atoms with E-state index in [-0.39, 0.29) is 0 Å². The molecule has 0 unspecified atom stereocenters. The highest BCUT2D eigenvalue weighted by molar-refractivity contribution is 7.18. The second kappa shape index (κ2) is 4.82. The third-order valence-corrected chi connectivity index (χ3v) is 4.60. The molecule has 0 atom stereocenters. The number of ether oxygens (including phenoxy) is 1. The zero-order chi connectivity index (χ0) is 12.5. The molecule has 3 heterocycles. The van der Waals surface area contributed by atoms with Crippen LogP contribution in [0, 0.1) is 0 Å². The Bertz CT molecular complexity index is 561. The smallest absolute Gasteiger partial charge is 0.135 e. The van der Waals surface area contributed by atoms with Crippen molar-refractivity contribution >= 4 is 27.4 Å². The minimum absolute atomic E-state index is 0.401. The van der Waals surface area contributed by atoms with E-state index in [9.17, 15) is 0 Å². The molecule has 5 heteroatoms. The molecule has 1 fully saturated rings. The van der Waals surface area contributed by atoms with E-state index >= 15 is 0 Å². The number of thiophene rings is 1. The average molecular weight is 263 g/mol. The third kappa shape index (κ3) is 2.08. The minimum atomic E-state index is 0.401. The van der Waals surface area contributed by atoms with Gasteiger partial charge in [0.05, 0.1) is 5.39 Å². The van der Waals surface area contributed by atoms with E-state index in [2.05, 4.69) is 18.0 Å². The molecule has 1 saturated heterocycles. The number of fused-ring (bicyclic) bond motifs is 1. The first kappa shape index (κ1) is 11.9. The van der Waals surface area contributed by atoms with E-state index < -0.39 is 0 Å². The molecule has 1 aliphatic heterocycles. The van der Waals surface area contributed by atoms with E-state index in [4.69, 9.17) is 15.5 Å². The zero-order valence-corrected chi connectivity index (χ0v) is 11.3. The van der Waals surface area contributed by atoms with Crippen LogP contribution in [0.3, 0.4) is 0 Å². The largest absolute Gasteiger partial charge is 0.383 e. The molecule has 0 aliphatic carbocycles. The van der Waals surface area contributed by atoms with Crippen molar-refractivity contribution in [1.29, 1.82) is 0 Å². The molecular weight excluding hydrogens is 246 g/mol. The Hall–Kier alpha value is -1.20. The van der Waals surface area contributed by atoms with Gasteiger partial charge in [0.2, 0.25) is 0 Å². The van der Waals surface area contributed by atoms with Gasteiger partial charge in [-0.05, 0) is 25.3 Å². The lowest BCUT2D eigenvalue weighted by Crippen LogP contribution is -2.16. The summed E-state index contributed by atoms with van der Waals surface area (Å²) in [5.41, 5.74) is 6.06. The molecule has 0 amide bonds. The maximum atomic E-state index is 6.06. The van der Waals surface area contributed by atoms with Gasteiger partial charge in [-0.1, -0.05) is 6.92 Å². The van der Waals surface area contributed by atoms with E-state index in [1.165, 1.54) is 4.88 Å². The van der Waals surface area contributed by atoms with E-state index in [1.54, 1.807) is 11.3 Å². The predicted octanol–water partition coefficient (Wildman–Crippen LogP) is 2.73. The lowest BCUT2D eigenvalue weighted by molar-refractivity contribution is 0.0837. The van der Waals surface area contributed by atoms with Crippen molar-refractivity contribution in [2.45, 2.75) is 32.1 Å². The summed E-state index contributed by atoms with van der Waals surface area (Å²) in [5, 5.41) is 1.01. The fourth-order valence-electron chi connectivity index (χ4n) is 2.32. The summed E-state index contributed by atoms with van der Waals surface area (Å²) in [7, 11) is 0. The Labute approximate surface area is 110 Å². The number of hydrogen-bond donors (Lipinski definition) is 1. The molecule has 3 rings (SSSR count). The van der Waals surface area contributed by atoms with E-state index in [0.717, 1.165) is 48.5 Å². The van der Waals surface area contributed by atoms with Gasteiger partial charge in [0, 0.05) is 24.0 Å². The number of rotatable bonds is 2. The number of anilines is 1.